The molecule has 0 aromatic carbocycles. The lowest BCUT2D eigenvalue weighted by Crippen LogP contribution is -2.43. The van der Waals surface area contributed by atoms with Crippen LogP contribution in [0.4, 0.5) is 0 Å². The standard InChI is InChI=1S/C12H14N2O4/c1-7-3-2-4-13-10(7)11(15)14-9-6-18-5-8(9)12(16)17/h2-4,8-9H,5-6H2,1H3,(H,14,15)(H,16,17). The molecule has 0 bridgehead atoms. The number of aliphatic carboxylic acids is 1. The molecule has 1 aliphatic heterocycles. The molecule has 2 heterocycles. The van der Waals surface area contributed by atoms with Crippen LogP contribution in [0.3, 0.4) is 0 Å². The minimum atomic E-state index is -0.962. The SMILES string of the molecule is Cc1cccnc1C(=O)NC1COCC1C(=O)O. The minimum Gasteiger partial charge on any atom is -0.481 e. The normalized spacial score (nSPS) is 22.7. The van der Waals surface area contributed by atoms with Crippen molar-refractivity contribution in [2.24, 2.45) is 5.92 Å². The lowest BCUT2D eigenvalue weighted by atomic mass is 10.0. The van der Waals surface area contributed by atoms with Gasteiger partial charge in [0.1, 0.15) is 11.6 Å². The fraction of sp³-hybridized carbons (Fsp3) is 0.417. The molecule has 1 fully saturated rings. The highest BCUT2D eigenvalue weighted by Crippen LogP contribution is 2.14. The third-order valence-electron chi connectivity index (χ3n) is 2.94. The van der Waals surface area contributed by atoms with Crippen molar-refractivity contribution in [2.45, 2.75) is 13.0 Å². The summed E-state index contributed by atoms with van der Waals surface area (Å²) in [5.74, 6) is -2.02. The first-order valence-electron chi connectivity index (χ1n) is 5.62. The Hall–Kier alpha value is -1.95. The molecule has 18 heavy (non-hydrogen) atoms. The monoisotopic (exact) mass is 250 g/mol. The summed E-state index contributed by atoms with van der Waals surface area (Å²) in [5, 5.41) is 11.6. The van der Waals surface area contributed by atoms with Crippen molar-refractivity contribution in [1.82, 2.24) is 10.3 Å². The molecule has 2 rings (SSSR count). The van der Waals surface area contributed by atoms with Gasteiger partial charge in [-0.3, -0.25) is 14.6 Å². The van der Waals surface area contributed by atoms with E-state index in [2.05, 4.69) is 10.3 Å². The molecule has 0 aliphatic carbocycles. The van der Waals surface area contributed by atoms with E-state index in [9.17, 15) is 9.59 Å². The van der Waals surface area contributed by atoms with E-state index in [4.69, 9.17) is 9.84 Å². The maximum absolute atomic E-state index is 12.0. The van der Waals surface area contributed by atoms with Gasteiger partial charge in [0.25, 0.3) is 5.91 Å². The Bertz CT molecular complexity index is 475. The van der Waals surface area contributed by atoms with Crippen LogP contribution in [-0.2, 0) is 9.53 Å². The van der Waals surface area contributed by atoms with Crippen LogP contribution in [0, 0.1) is 12.8 Å². The van der Waals surface area contributed by atoms with E-state index in [1.165, 1.54) is 6.20 Å². The molecule has 1 saturated heterocycles. The molecular formula is C12H14N2O4. The van der Waals surface area contributed by atoms with Gasteiger partial charge >= 0.3 is 5.97 Å². The number of hydrogen-bond acceptors (Lipinski definition) is 4. The summed E-state index contributed by atoms with van der Waals surface area (Å²) < 4.78 is 5.08. The molecule has 1 aromatic rings. The van der Waals surface area contributed by atoms with Gasteiger partial charge in [0.05, 0.1) is 19.3 Å². The number of ether oxygens (including phenoxy) is 1. The zero-order valence-corrected chi connectivity index (χ0v) is 9.92. The first-order chi connectivity index (χ1) is 8.59. The number of rotatable bonds is 3. The van der Waals surface area contributed by atoms with Crippen LogP contribution in [0.2, 0.25) is 0 Å². The second-order valence-corrected chi connectivity index (χ2v) is 4.23. The molecule has 96 valence electrons. The minimum absolute atomic E-state index is 0.126. The molecule has 0 saturated carbocycles. The third-order valence-corrected chi connectivity index (χ3v) is 2.94. The Morgan fingerprint density at radius 1 is 1.50 bits per heavy atom. The zero-order valence-electron chi connectivity index (χ0n) is 9.92. The number of carbonyl (C=O) groups is 2. The molecule has 0 spiro atoms. The van der Waals surface area contributed by atoms with E-state index in [0.717, 1.165) is 5.56 Å². The summed E-state index contributed by atoms with van der Waals surface area (Å²) in [5.41, 5.74) is 1.06. The highest BCUT2D eigenvalue weighted by Gasteiger charge is 2.35. The number of pyridine rings is 1. The van der Waals surface area contributed by atoms with Crippen LogP contribution < -0.4 is 5.32 Å². The van der Waals surface area contributed by atoms with Gasteiger partial charge in [-0.15, -0.1) is 0 Å². The van der Waals surface area contributed by atoms with E-state index < -0.39 is 17.9 Å². The van der Waals surface area contributed by atoms with Gasteiger partial charge in [0, 0.05) is 6.20 Å². The summed E-state index contributed by atoms with van der Waals surface area (Å²) in [6.07, 6.45) is 1.53. The highest BCUT2D eigenvalue weighted by molar-refractivity contribution is 5.94. The van der Waals surface area contributed by atoms with E-state index >= 15 is 0 Å². The fourth-order valence-electron chi connectivity index (χ4n) is 1.90. The van der Waals surface area contributed by atoms with Crippen LogP contribution >= 0.6 is 0 Å². The van der Waals surface area contributed by atoms with Crippen molar-refractivity contribution in [3.05, 3.63) is 29.6 Å². The van der Waals surface area contributed by atoms with E-state index in [1.807, 2.05) is 0 Å². The second-order valence-electron chi connectivity index (χ2n) is 4.23. The van der Waals surface area contributed by atoms with Crippen molar-refractivity contribution >= 4 is 11.9 Å². The molecule has 6 heteroatoms. The first-order valence-corrected chi connectivity index (χ1v) is 5.62. The number of amides is 1. The molecule has 2 atom stereocenters. The number of carbonyl (C=O) groups excluding carboxylic acids is 1. The second kappa shape index (κ2) is 5.14. The average Bonchev–Trinajstić information content (AvgIpc) is 2.77. The molecule has 1 amide bonds. The zero-order chi connectivity index (χ0) is 13.1. The van der Waals surface area contributed by atoms with Gasteiger partial charge in [0.2, 0.25) is 0 Å². The molecule has 2 unspecified atom stereocenters. The summed E-state index contributed by atoms with van der Waals surface area (Å²) in [7, 11) is 0. The number of aromatic nitrogens is 1. The maximum Gasteiger partial charge on any atom is 0.311 e. The van der Waals surface area contributed by atoms with Crippen molar-refractivity contribution in [3.8, 4) is 0 Å². The largest absolute Gasteiger partial charge is 0.481 e. The quantitative estimate of drug-likeness (QED) is 0.801. The molecule has 1 aromatic heterocycles. The first kappa shape index (κ1) is 12.5. The van der Waals surface area contributed by atoms with Crippen molar-refractivity contribution in [2.75, 3.05) is 13.2 Å². The summed E-state index contributed by atoms with van der Waals surface area (Å²) >= 11 is 0. The molecule has 0 radical (unpaired) electrons. The van der Waals surface area contributed by atoms with E-state index in [0.29, 0.717) is 5.69 Å². The van der Waals surface area contributed by atoms with Gasteiger partial charge in [0.15, 0.2) is 0 Å². The van der Waals surface area contributed by atoms with Gasteiger partial charge < -0.3 is 15.2 Å². The van der Waals surface area contributed by atoms with Crippen LogP contribution in [0.1, 0.15) is 16.1 Å². The molecule has 2 N–H and O–H groups in total. The average molecular weight is 250 g/mol. The summed E-state index contributed by atoms with van der Waals surface area (Å²) in [6, 6.07) is 3.02. The number of aryl methyl sites for hydroxylation is 1. The Balaban J connectivity index is 2.08. The lowest BCUT2D eigenvalue weighted by Gasteiger charge is -2.15. The predicted molar refractivity (Wildman–Crippen MR) is 62.2 cm³/mol. The van der Waals surface area contributed by atoms with Gasteiger partial charge in [-0.1, -0.05) is 6.07 Å². The maximum atomic E-state index is 12.0. The van der Waals surface area contributed by atoms with Crippen LogP contribution in [-0.4, -0.2) is 41.2 Å². The predicted octanol–water partition coefficient (Wildman–Crippen LogP) is 0.219. The van der Waals surface area contributed by atoms with Crippen LogP contribution in [0.5, 0.6) is 0 Å². The summed E-state index contributed by atoms with van der Waals surface area (Å²) in [4.78, 5) is 26.9. The van der Waals surface area contributed by atoms with Gasteiger partial charge in [-0.05, 0) is 18.6 Å². The van der Waals surface area contributed by atoms with Crippen LogP contribution in [0.25, 0.3) is 0 Å². The number of carboxylic acid groups (broad SMARTS) is 1. The van der Waals surface area contributed by atoms with Gasteiger partial charge in [-0.2, -0.15) is 0 Å². The van der Waals surface area contributed by atoms with Crippen molar-refractivity contribution in [3.63, 3.8) is 0 Å². The molecule has 6 nitrogen and oxygen atoms in total. The third kappa shape index (κ3) is 2.48. The molecule has 1 aliphatic rings. The lowest BCUT2D eigenvalue weighted by molar-refractivity contribution is -0.142. The Kier molecular flexibility index (Phi) is 3.57. The summed E-state index contributed by atoms with van der Waals surface area (Å²) in [6.45, 7) is 2.12. The number of hydrogen-bond donors (Lipinski definition) is 2. The Labute approximate surface area is 104 Å². The Morgan fingerprint density at radius 3 is 2.94 bits per heavy atom. The van der Waals surface area contributed by atoms with Crippen molar-refractivity contribution in [1.29, 1.82) is 0 Å². The number of nitrogens with zero attached hydrogens (tertiary/aromatic N) is 1. The fourth-order valence-corrected chi connectivity index (χ4v) is 1.90. The Morgan fingerprint density at radius 2 is 2.28 bits per heavy atom. The van der Waals surface area contributed by atoms with E-state index in [-0.39, 0.29) is 19.1 Å². The topological polar surface area (TPSA) is 88.5 Å². The van der Waals surface area contributed by atoms with Crippen molar-refractivity contribution < 1.29 is 19.4 Å². The van der Waals surface area contributed by atoms with Gasteiger partial charge in [-0.25, -0.2) is 0 Å². The number of nitrogens with one attached hydrogen (secondary N) is 1. The van der Waals surface area contributed by atoms with E-state index in [1.54, 1.807) is 19.1 Å². The van der Waals surface area contributed by atoms with Crippen LogP contribution in [0.15, 0.2) is 18.3 Å². The smallest absolute Gasteiger partial charge is 0.311 e. The number of carboxylic acids is 1. The highest BCUT2D eigenvalue weighted by atomic mass is 16.5. The molecular weight excluding hydrogens is 236 g/mol.